The minimum Gasteiger partial charge on any atom is -0.481 e. The van der Waals surface area contributed by atoms with Gasteiger partial charge in [0.1, 0.15) is 0 Å². The summed E-state index contributed by atoms with van der Waals surface area (Å²) in [5, 5.41) is 9.86. The summed E-state index contributed by atoms with van der Waals surface area (Å²) in [6.45, 7) is 6.81. The molecule has 1 amide bonds. The molecular weight excluding hydrogens is 366 g/mol. The molecule has 29 heavy (non-hydrogen) atoms. The number of carbonyl (C=O) groups excluding carboxylic acids is 1. The number of ether oxygens (including phenoxy) is 1. The van der Waals surface area contributed by atoms with Crippen LogP contribution in [-0.4, -0.2) is 40.1 Å². The van der Waals surface area contributed by atoms with E-state index in [1.165, 1.54) is 0 Å². The van der Waals surface area contributed by atoms with Gasteiger partial charge in [-0.2, -0.15) is 0 Å². The molecule has 1 aliphatic heterocycles. The van der Waals surface area contributed by atoms with Gasteiger partial charge in [-0.05, 0) is 57.4 Å². The molecule has 0 radical (unpaired) electrons. The van der Waals surface area contributed by atoms with Crippen LogP contribution in [0, 0.1) is 23.7 Å². The van der Waals surface area contributed by atoms with E-state index in [2.05, 4.69) is 26.8 Å². The summed E-state index contributed by atoms with van der Waals surface area (Å²) in [6.07, 6.45) is 6.37. The highest BCUT2D eigenvalue weighted by molar-refractivity contribution is 5.87. The van der Waals surface area contributed by atoms with Gasteiger partial charge in [-0.15, -0.1) is 0 Å². The molecule has 5 nitrogen and oxygen atoms in total. The summed E-state index contributed by atoms with van der Waals surface area (Å²) in [6, 6.07) is 9.97. The fourth-order valence-corrected chi connectivity index (χ4v) is 5.68. The number of benzene rings is 1. The summed E-state index contributed by atoms with van der Waals surface area (Å²) in [7, 11) is 0. The number of allylic oxidation sites excluding steroid dienone is 2. The molecule has 1 heterocycles. The van der Waals surface area contributed by atoms with Gasteiger partial charge in [-0.25, -0.2) is 0 Å². The highest BCUT2D eigenvalue weighted by Crippen LogP contribution is 2.50. The Morgan fingerprint density at radius 2 is 1.79 bits per heavy atom. The van der Waals surface area contributed by atoms with E-state index in [0.717, 1.165) is 24.8 Å². The number of fused-ring (bicyclic) bond motifs is 2. The van der Waals surface area contributed by atoms with Gasteiger partial charge in [0.15, 0.2) is 0 Å². The molecule has 1 saturated heterocycles. The number of rotatable bonds is 5. The van der Waals surface area contributed by atoms with Crippen molar-refractivity contribution < 1.29 is 19.4 Å². The average molecular weight is 398 g/mol. The number of carboxylic acid groups (broad SMARTS) is 1. The van der Waals surface area contributed by atoms with Crippen LogP contribution in [0.4, 0.5) is 0 Å². The van der Waals surface area contributed by atoms with Crippen LogP contribution in [0.2, 0.25) is 0 Å². The van der Waals surface area contributed by atoms with E-state index in [1.807, 2.05) is 41.3 Å². The van der Waals surface area contributed by atoms with E-state index in [0.29, 0.717) is 6.61 Å². The maximum atomic E-state index is 14.0. The number of nitrogens with zero attached hydrogens (tertiary/aromatic N) is 1. The fraction of sp³-hybridized carbons (Fsp3) is 0.583. The molecule has 4 rings (SSSR count). The molecule has 0 aromatic heterocycles. The lowest BCUT2D eigenvalue weighted by Gasteiger charge is -2.45. The van der Waals surface area contributed by atoms with Crippen molar-refractivity contribution in [2.45, 2.75) is 57.7 Å². The van der Waals surface area contributed by atoms with Crippen LogP contribution in [0.3, 0.4) is 0 Å². The Bertz CT molecular complexity index is 802. The summed E-state index contributed by atoms with van der Waals surface area (Å²) in [5.41, 5.74) is 0.786. The first-order chi connectivity index (χ1) is 13.8. The Morgan fingerprint density at radius 3 is 2.41 bits per heavy atom. The van der Waals surface area contributed by atoms with E-state index in [9.17, 15) is 14.7 Å². The summed E-state index contributed by atoms with van der Waals surface area (Å²) < 4.78 is 5.90. The molecule has 2 bridgehead atoms. The second-order valence-corrected chi connectivity index (χ2v) is 9.43. The molecule has 3 aliphatic rings. The van der Waals surface area contributed by atoms with Gasteiger partial charge in [0.25, 0.3) is 0 Å². The second-order valence-electron chi connectivity index (χ2n) is 9.43. The van der Waals surface area contributed by atoms with Crippen molar-refractivity contribution in [2.75, 3.05) is 6.61 Å². The predicted molar refractivity (Wildman–Crippen MR) is 110 cm³/mol. The van der Waals surface area contributed by atoms with Crippen LogP contribution in [-0.2, 0) is 14.3 Å². The molecule has 2 aliphatic carbocycles. The van der Waals surface area contributed by atoms with Gasteiger partial charge in [-0.3, -0.25) is 9.59 Å². The number of carboxylic acids is 1. The second kappa shape index (κ2) is 7.60. The number of hydrogen-bond donors (Lipinski definition) is 1. The van der Waals surface area contributed by atoms with Crippen molar-refractivity contribution in [1.29, 1.82) is 0 Å². The third-order valence-electron chi connectivity index (χ3n) is 7.05. The Hall–Kier alpha value is -2.14. The molecule has 6 atom stereocenters. The van der Waals surface area contributed by atoms with Crippen molar-refractivity contribution in [3.05, 3.63) is 48.0 Å². The highest BCUT2D eigenvalue weighted by atomic mass is 16.5. The molecule has 0 spiro atoms. The lowest BCUT2D eigenvalue weighted by atomic mass is 9.80. The third-order valence-corrected chi connectivity index (χ3v) is 7.05. The quantitative estimate of drug-likeness (QED) is 0.761. The highest BCUT2D eigenvalue weighted by Gasteiger charge is 2.54. The van der Waals surface area contributed by atoms with Crippen LogP contribution >= 0.6 is 0 Å². The minimum atomic E-state index is -0.847. The first-order valence-corrected chi connectivity index (χ1v) is 10.7. The fourth-order valence-electron chi connectivity index (χ4n) is 5.68. The normalized spacial score (nSPS) is 33.4. The van der Waals surface area contributed by atoms with Gasteiger partial charge in [0.05, 0.1) is 23.5 Å². The largest absolute Gasteiger partial charge is 0.481 e. The van der Waals surface area contributed by atoms with Crippen molar-refractivity contribution in [3.63, 3.8) is 0 Å². The lowest BCUT2D eigenvalue weighted by Crippen LogP contribution is -2.53. The molecular formula is C24H31NO4. The SMILES string of the molecule is CC(c1ccccc1)N(C(=O)C1C2C=CC(C2)C1C(=O)O)C1CCOC(C)(C)C1. The lowest BCUT2D eigenvalue weighted by molar-refractivity contribution is -0.157. The summed E-state index contributed by atoms with van der Waals surface area (Å²) in [4.78, 5) is 28.0. The predicted octanol–water partition coefficient (Wildman–Crippen LogP) is 4.06. The van der Waals surface area contributed by atoms with Gasteiger partial charge in [0.2, 0.25) is 5.91 Å². The zero-order chi connectivity index (χ0) is 20.8. The van der Waals surface area contributed by atoms with Gasteiger partial charge in [-0.1, -0.05) is 42.5 Å². The van der Waals surface area contributed by atoms with Crippen molar-refractivity contribution in [2.24, 2.45) is 23.7 Å². The number of carbonyl (C=O) groups is 2. The summed E-state index contributed by atoms with van der Waals surface area (Å²) in [5.74, 6) is -1.93. The molecule has 1 aromatic carbocycles. The van der Waals surface area contributed by atoms with Gasteiger partial charge >= 0.3 is 5.97 Å². The van der Waals surface area contributed by atoms with Crippen molar-refractivity contribution in [1.82, 2.24) is 4.90 Å². The van der Waals surface area contributed by atoms with E-state index in [1.54, 1.807) is 0 Å². The Balaban J connectivity index is 1.69. The molecule has 1 aromatic rings. The van der Waals surface area contributed by atoms with Crippen LogP contribution in [0.5, 0.6) is 0 Å². The van der Waals surface area contributed by atoms with Crippen LogP contribution < -0.4 is 0 Å². The minimum absolute atomic E-state index is 0.00620. The molecule has 1 N–H and O–H groups in total. The van der Waals surface area contributed by atoms with E-state index in [4.69, 9.17) is 4.74 Å². The van der Waals surface area contributed by atoms with Crippen molar-refractivity contribution in [3.8, 4) is 0 Å². The third kappa shape index (κ3) is 3.73. The first kappa shape index (κ1) is 20.1. The molecule has 6 unspecified atom stereocenters. The number of aliphatic carboxylic acids is 1. The molecule has 156 valence electrons. The average Bonchev–Trinajstić information content (AvgIpc) is 3.29. The van der Waals surface area contributed by atoms with Crippen molar-refractivity contribution >= 4 is 11.9 Å². The van der Waals surface area contributed by atoms with E-state index < -0.39 is 17.8 Å². The number of amides is 1. The molecule has 5 heteroatoms. The topological polar surface area (TPSA) is 66.8 Å². The summed E-state index contributed by atoms with van der Waals surface area (Å²) >= 11 is 0. The van der Waals surface area contributed by atoms with Crippen LogP contribution in [0.15, 0.2) is 42.5 Å². The number of hydrogen-bond acceptors (Lipinski definition) is 3. The standard InChI is InChI=1S/C24H31NO4/c1-15(16-7-5-4-6-8-16)25(19-11-12-29-24(2,3)14-19)22(26)20-17-9-10-18(13-17)21(20)23(27)28/h4-10,15,17-21H,11-14H2,1-3H3,(H,27,28). The molecule has 2 fully saturated rings. The van der Waals surface area contributed by atoms with Crippen LogP contribution in [0.1, 0.15) is 51.6 Å². The van der Waals surface area contributed by atoms with E-state index in [-0.39, 0.29) is 35.4 Å². The van der Waals surface area contributed by atoms with Gasteiger partial charge < -0.3 is 14.7 Å². The van der Waals surface area contributed by atoms with Gasteiger partial charge in [0, 0.05) is 12.6 Å². The first-order valence-electron chi connectivity index (χ1n) is 10.7. The maximum absolute atomic E-state index is 14.0. The zero-order valence-corrected chi connectivity index (χ0v) is 17.5. The van der Waals surface area contributed by atoms with Crippen LogP contribution in [0.25, 0.3) is 0 Å². The Kier molecular flexibility index (Phi) is 5.28. The molecule has 1 saturated carbocycles. The Morgan fingerprint density at radius 1 is 1.14 bits per heavy atom. The zero-order valence-electron chi connectivity index (χ0n) is 17.5. The van der Waals surface area contributed by atoms with E-state index >= 15 is 0 Å². The monoisotopic (exact) mass is 397 g/mol. The Labute approximate surface area is 172 Å². The smallest absolute Gasteiger partial charge is 0.307 e. The maximum Gasteiger partial charge on any atom is 0.307 e.